The van der Waals surface area contributed by atoms with Crippen LogP contribution in [0.3, 0.4) is 0 Å². The molecule has 3 rings (SSSR count). The number of ether oxygens (including phenoxy) is 1. The van der Waals surface area contributed by atoms with Crippen molar-refractivity contribution in [3.63, 3.8) is 0 Å². The van der Waals surface area contributed by atoms with Crippen LogP contribution < -0.4 is 4.74 Å². The lowest BCUT2D eigenvalue weighted by Gasteiger charge is -2.35. The molecular formula is C17H22N2O2S2. The average Bonchev–Trinajstić information content (AvgIpc) is 3.22. The Balaban J connectivity index is 1.72. The fraction of sp³-hybridized carbons (Fsp3) is 0.529. The standard InChI is InChI=1S/C17H22N2O2S2/c1-12-15(23-17(18-12)21-2)16(20)19-10-4-3-6-13(19)8-9-14-7-5-11-22-14/h5,7,11,13H,3-4,6,8-10H2,1-2H3/t13-/m0/s1. The molecule has 0 saturated carbocycles. The minimum absolute atomic E-state index is 0.124. The second kappa shape index (κ2) is 7.45. The summed E-state index contributed by atoms with van der Waals surface area (Å²) < 4.78 is 5.17. The van der Waals surface area contributed by atoms with E-state index in [2.05, 4.69) is 27.4 Å². The average molecular weight is 351 g/mol. The molecule has 2 aromatic rings. The number of carbonyl (C=O) groups excluding carboxylic acids is 1. The van der Waals surface area contributed by atoms with Gasteiger partial charge in [-0.2, -0.15) is 0 Å². The molecule has 1 fully saturated rings. The van der Waals surface area contributed by atoms with Crippen LogP contribution in [-0.4, -0.2) is 35.5 Å². The minimum Gasteiger partial charge on any atom is -0.473 e. The quantitative estimate of drug-likeness (QED) is 0.813. The largest absolute Gasteiger partial charge is 0.473 e. The topological polar surface area (TPSA) is 42.4 Å². The van der Waals surface area contributed by atoms with E-state index in [1.807, 2.05) is 6.92 Å². The van der Waals surface area contributed by atoms with E-state index in [1.165, 1.54) is 22.6 Å². The number of methoxy groups -OCH3 is 1. The lowest BCUT2D eigenvalue weighted by atomic mass is 9.97. The number of piperidine rings is 1. The van der Waals surface area contributed by atoms with Crippen molar-refractivity contribution in [1.29, 1.82) is 0 Å². The van der Waals surface area contributed by atoms with Crippen molar-refractivity contribution in [3.8, 4) is 5.19 Å². The predicted molar refractivity (Wildman–Crippen MR) is 94.7 cm³/mol. The molecule has 6 heteroatoms. The normalized spacial score (nSPS) is 18.2. The van der Waals surface area contributed by atoms with E-state index in [1.54, 1.807) is 18.4 Å². The first-order valence-corrected chi connectivity index (χ1v) is 9.73. The molecule has 0 aromatic carbocycles. The van der Waals surface area contributed by atoms with Crippen molar-refractivity contribution in [2.45, 2.75) is 45.1 Å². The van der Waals surface area contributed by atoms with Crippen LogP contribution in [-0.2, 0) is 6.42 Å². The number of aryl methyl sites for hydroxylation is 2. The van der Waals surface area contributed by atoms with E-state index < -0.39 is 0 Å². The van der Waals surface area contributed by atoms with Crippen LogP contribution in [0.5, 0.6) is 5.19 Å². The SMILES string of the molecule is COc1nc(C)c(C(=O)N2CCCC[C@H]2CCc2cccs2)s1. The fourth-order valence-electron chi connectivity index (χ4n) is 3.12. The molecular weight excluding hydrogens is 328 g/mol. The Hall–Kier alpha value is -1.40. The lowest BCUT2D eigenvalue weighted by Crippen LogP contribution is -2.43. The minimum atomic E-state index is 0.124. The Morgan fingerprint density at radius 3 is 3.04 bits per heavy atom. The number of hydrogen-bond donors (Lipinski definition) is 0. The summed E-state index contributed by atoms with van der Waals surface area (Å²) in [4.78, 5) is 21.5. The molecule has 1 atom stereocenters. The first kappa shape index (κ1) is 16.5. The molecule has 0 N–H and O–H groups in total. The Kier molecular flexibility index (Phi) is 5.33. The van der Waals surface area contributed by atoms with E-state index >= 15 is 0 Å². The third-order valence-corrected chi connectivity index (χ3v) is 6.38. The van der Waals surface area contributed by atoms with Gasteiger partial charge in [-0.15, -0.1) is 11.3 Å². The van der Waals surface area contributed by atoms with Crippen molar-refractivity contribution < 1.29 is 9.53 Å². The van der Waals surface area contributed by atoms with Crippen molar-refractivity contribution in [1.82, 2.24) is 9.88 Å². The Morgan fingerprint density at radius 1 is 1.48 bits per heavy atom. The van der Waals surface area contributed by atoms with E-state index in [-0.39, 0.29) is 5.91 Å². The van der Waals surface area contributed by atoms with Crippen molar-refractivity contribution in [3.05, 3.63) is 33.0 Å². The highest BCUT2D eigenvalue weighted by atomic mass is 32.1. The van der Waals surface area contributed by atoms with Gasteiger partial charge in [0.05, 0.1) is 12.8 Å². The Labute approximate surface area is 145 Å². The summed E-state index contributed by atoms with van der Waals surface area (Å²) in [5.41, 5.74) is 0.777. The molecule has 0 bridgehead atoms. The van der Waals surface area contributed by atoms with Crippen LogP contribution in [0.2, 0.25) is 0 Å². The maximum atomic E-state index is 13.0. The van der Waals surface area contributed by atoms with E-state index in [4.69, 9.17) is 4.74 Å². The van der Waals surface area contributed by atoms with Gasteiger partial charge in [0.2, 0.25) is 0 Å². The molecule has 0 aliphatic carbocycles. The molecule has 2 aromatic heterocycles. The van der Waals surface area contributed by atoms with Crippen molar-refractivity contribution in [2.24, 2.45) is 0 Å². The zero-order valence-electron chi connectivity index (χ0n) is 13.6. The molecule has 1 aliphatic rings. The van der Waals surface area contributed by atoms with E-state index in [0.717, 1.165) is 42.8 Å². The third kappa shape index (κ3) is 3.75. The Bertz CT molecular complexity index is 652. The molecule has 23 heavy (non-hydrogen) atoms. The van der Waals surface area contributed by atoms with Crippen LogP contribution in [0, 0.1) is 6.92 Å². The van der Waals surface area contributed by atoms with E-state index in [9.17, 15) is 4.79 Å². The maximum absolute atomic E-state index is 13.0. The molecule has 1 amide bonds. The number of rotatable bonds is 5. The molecule has 4 nitrogen and oxygen atoms in total. The highest BCUT2D eigenvalue weighted by molar-refractivity contribution is 7.15. The smallest absolute Gasteiger partial charge is 0.273 e. The van der Waals surface area contributed by atoms with Crippen LogP contribution in [0.25, 0.3) is 0 Å². The van der Waals surface area contributed by atoms with Gasteiger partial charge in [-0.05, 0) is 50.5 Å². The molecule has 0 unspecified atom stereocenters. The van der Waals surface area contributed by atoms with Gasteiger partial charge in [0, 0.05) is 17.5 Å². The van der Waals surface area contributed by atoms with Crippen LogP contribution in [0.1, 0.15) is 45.9 Å². The number of carbonyl (C=O) groups is 1. The monoisotopic (exact) mass is 350 g/mol. The third-order valence-electron chi connectivity index (χ3n) is 4.34. The number of likely N-dealkylation sites (tertiary alicyclic amines) is 1. The summed E-state index contributed by atoms with van der Waals surface area (Å²) >= 11 is 3.15. The van der Waals surface area contributed by atoms with Gasteiger partial charge >= 0.3 is 0 Å². The predicted octanol–water partition coefficient (Wildman–Crippen LogP) is 4.15. The highest BCUT2D eigenvalue weighted by Crippen LogP contribution is 2.29. The van der Waals surface area contributed by atoms with Crippen LogP contribution in [0.4, 0.5) is 0 Å². The summed E-state index contributed by atoms with van der Waals surface area (Å²) in [6, 6.07) is 4.61. The van der Waals surface area contributed by atoms with Gasteiger partial charge in [0.25, 0.3) is 11.1 Å². The maximum Gasteiger partial charge on any atom is 0.273 e. The number of thiophene rings is 1. The highest BCUT2D eigenvalue weighted by Gasteiger charge is 2.29. The summed E-state index contributed by atoms with van der Waals surface area (Å²) in [5, 5.41) is 2.68. The Morgan fingerprint density at radius 2 is 2.35 bits per heavy atom. The van der Waals surface area contributed by atoms with Crippen molar-refractivity contribution in [2.75, 3.05) is 13.7 Å². The van der Waals surface area contributed by atoms with E-state index in [0.29, 0.717) is 11.2 Å². The van der Waals surface area contributed by atoms with Crippen LogP contribution >= 0.6 is 22.7 Å². The molecule has 0 radical (unpaired) electrons. The van der Waals surface area contributed by atoms with Gasteiger partial charge in [0.1, 0.15) is 4.88 Å². The number of hydrogen-bond acceptors (Lipinski definition) is 5. The second-order valence-electron chi connectivity index (χ2n) is 5.86. The summed E-state index contributed by atoms with van der Waals surface area (Å²) in [6.45, 7) is 2.74. The number of nitrogens with zero attached hydrogens (tertiary/aromatic N) is 2. The van der Waals surface area contributed by atoms with Crippen molar-refractivity contribution >= 4 is 28.6 Å². The zero-order chi connectivity index (χ0) is 16.2. The zero-order valence-corrected chi connectivity index (χ0v) is 15.2. The van der Waals surface area contributed by atoms with Gasteiger partial charge < -0.3 is 9.64 Å². The summed E-state index contributed by atoms with van der Waals surface area (Å²) in [6.07, 6.45) is 5.50. The first-order chi connectivity index (χ1) is 11.2. The lowest BCUT2D eigenvalue weighted by molar-refractivity contribution is 0.0606. The molecule has 3 heterocycles. The van der Waals surface area contributed by atoms with Gasteiger partial charge in [-0.3, -0.25) is 4.79 Å². The van der Waals surface area contributed by atoms with Gasteiger partial charge in [-0.25, -0.2) is 4.98 Å². The molecule has 124 valence electrons. The molecule has 0 spiro atoms. The molecule has 1 aliphatic heterocycles. The summed E-state index contributed by atoms with van der Waals surface area (Å²) in [7, 11) is 1.59. The number of thiazole rings is 1. The molecule has 1 saturated heterocycles. The van der Waals surface area contributed by atoms with Gasteiger partial charge in [0.15, 0.2) is 0 Å². The fourth-order valence-corrected chi connectivity index (χ4v) is 4.68. The first-order valence-electron chi connectivity index (χ1n) is 8.04. The number of aromatic nitrogens is 1. The van der Waals surface area contributed by atoms with Gasteiger partial charge in [-0.1, -0.05) is 17.4 Å². The summed E-state index contributed by atoms with van der Waals surface area (Å²) in [5.74, 6) is 0.124. The second-order valence-corrected chi connectivity index (χ2v) is 7.86. The van der Waals surface area contributed by atoms with Crippen LogP contribution in [0.15, 0.2) is 17.5 Å². The number of amides is 1.